The third kappa shape index (κ3) is 6.34. The fourth-order valence-electron chi connectivity index (χ4n) is 4.39. The lowest BCUT2D eigenvalue weighted by atomic mass is 10.0. The van der Waals surface area contributed by atoms with Crippen LogP contribution >= 0.6 is 11.8 Å². The zero-order chi connectivity index (χ0) is 27.2. The summed E-state index contributed by atoms with van der Waals surface area (Å²) < 4.78 is 23.2. The third-order valence-electron chi connectivity index (χ3n) is 6.33. The molecule has 0 bridgehead atoms. The Labute approximate surface area is 233 Å². The summed E-state index contributed by atoms with van der Waals surface area (Å²) in [7, 11) is 0. The minimum Gasteiger partial charge on any atom is -0.490 e. The summed E-state index contributed by atoms with van der Waals surface area (Å²) >= 11 is 1.45. The summed E-state index contributed by atoms with van der Waals surface area (Å²) in [5.41, 5.74) is 4.72. The SMILES string of the molecule is C=CCc1cc(/C=C2\S[C@@H](Nc3ccc(CC)cc3)NC2=O)cc(OCC)c1OCc1ccc2c(c1)OCO2. The molecule has 2 aliphatic rings. The van der Waals surface area contributed by atoms with Crippen molar-refractivity contribution in [3.8, 4) is 23.0 Å². The second-order valence-corrected chi connectivity index (χ2v) is 10.2. The molecule has 0 saturated carbocycles. The van der Waals surface area contributed by atoms with Gasteiger partial charge in [-0.15, -0.1) is 6.58 Å². The monoisotopic (exact) mass is 544 g/mol. The number of aryl methyl sites for hydroxylation is 1. The van der Waals surface area contributed by atoms with Gasteiger partial charge in [-0.1, -0.05) is 43.0 Å². The highest BCUT2D eigenvalue weighted by molar-refractivity contribution is 8.05. The molecule has 0 aromatic heterocycles. The molecule has 7 nitrogen and oxygen atoms in total. The van der Waals surface area contributed by atoms with E-state index in [1.807, 2.05) is 61.5 Å². The van der Waals surface area contributed by atoms with E-state index < -0.39 is 0 Å². The van der Waals surface area contributed by atoms with E-state index >= 15 is 0 Å². The Hall–Kier alpha value is -4.04. The minimum absolute atomic E-state index is 0.117. The average molecular weight is 545 g/mol. The fraction of sp³-hybridized carbons (Fsp3) is 0.258. The van der Waals surface area contributed by atoms with E-state index in [1.165, 1.54) is 17.3 Å². The highest BCUT2D eigenvalue weighted by atomic mass is 32.2. The van der Waals surface area contributed by atoms with Crippen LogP contribution in [-0.2, 0) is 24.2 Å². The number of fused-ring (bicyclic) bond motifs is 1. The molecule has 202 valence electrons. The number of benzene rings is 3. The Kier molecular flexibility index (Phi) is 8.32. The number of hydrogen-bond acceptors (Lipinski definition) is 7. The number of amides is 1. The Balaban J connectivity index is 1.35. The molecular formula is C31H32N2O5S. The van der Waals surface area contributed by atoms with E-state index in [0.717, 1.165) is 34.5 Å². The van der Waals surface area contributed by atoms with Crippen LogP contribution in [0.15, 0.2) is 72.2 Å². The minimum atomic E-state index is -0.250. The Morgan fingerprint density at radius 3 is 2.62 bits per heavy atom. The van der Waals surface area contributed by atoms with E-state index in [0.29, 0.717) is 41.8 Å². The van der Waals surface area contributed by atoms with Crippen LogP contribution in [-0.4, -0.2) is 24.8 Å². The zero-order valence-corrected chi connectivity index (χ0v) is 22.9. The lowest BCUT2D eigenvalue weighted by Gasteiger charge is -2.17. The van der Waals surface area contributed by atoms with Crippen molar-refractivity contribution in [3.63, 3.8) is 0 Å². The smallest absolute Gasteiger partial charge is 0.260 e. The van der Waals surface area contributed by atoms with Gasteiger partial charge in [-0.3, -0.25) is 4.79 Å². The lowest BCUT2D eigenvalue weighted by molar-refractivity contribution is -0.116. The van der Waals surface area contributed by atoms with Crippen molar-refractivity contribution in [1.29, 1.82) is 0 Å². The number of rotatable bonds is 11. The molecule has 0 unspecified atom stereocenters. The van der Waals surface area contributed by atoms with Crippen LogP contribution in [0.25, 0.3) is 6.08 Å². The number of allylic oxidation sites excluding steroid dienone is 1. The fourth-order valence-corrected chi connectivity index (χ4v) is 5.38. The molecule has 0 spiro atoms. The van der Waals surface area contributed by atoms with E-state index in [4.69, 9.17) is 18.9 Å². The van der Waals surface area contributed by atoms with Gasteiger partial charge in [0.15, 0.2) is 28.5 Å². The van der Waals surface area contributed by atoms with Crippen LogP contribution in [0.4, 0.5) is 5.69 Å². The number of thioether (sulfide) groups is 1. The molecule has 1 atom stereocenters. The van der Waals surface area contributed by atoms with Gasteiger partial charge in [-0.05, 0) is 78.9 Å². The van der Waals surface area contributed by atoms with Gasteiger partial charge in [-0.2, -0.15) is 0 Å². The highest BCUT2D eigenvalue weighted by Gasteiger charge is 2.27. The van der Waals surface area contributed by atoms with Crippen LogP contribution in [0.2, 0.25) is 0 Å². The standard InChI is InChI=1S/C31H32N2O5S/c1-4-7-23-14-22(17-28-30(34)33-31(39-28)32-24-11-8-20(5-2)9-12-24)16-27(35-6-3)29(23)36-18-21-10-13-25-26(15-21)38-19-37-25/h4,8-17,31-32H,1,5-7,18-19H2,2-3H3,(H,33,34)/b28-17-/t31-/m0/s1. The first-order valence-corrected chi connectivity index (χ1v) is 13.9. The molecule has 1 saturated heterocycles. The van der Waals surface area contributed by atoms with Crippen molar-refractivity contribution in [2.24, 2.45) is 0 Å². The topological polar surface area (TPSA) is 78.1 Å². The summed E-state index contributed by atoms with van der Waals surface area (Å²) in [6, 6.07) is 17.9. The van der Waals surface area contributed by atoms with Crippen LogP contribution in [0, 0.1) is 0 Å². The second kappa shape index (κ2) is 12.2. The summed E-state index contributed by atoms with van der Waals surface area (Å²) in [5, 5.41) is 6.38. The van der Waals surface area contributed by atoms with Gasteiger partial charge in [0.1, 0.15) is 6.61 Å². The zero-order valence-electron chi connectivity index (χ0n) is 22.1. The van der Waals surface area contributed by atoms with Crippen molar-refractivity contribution in [2.75, 3.05) is 18.7 Å². The lowest BCUT2D eigenvalue weighted by Crippen LogP contribution is -2.30. The molecule has 2 aliphatic heterocycles. The molecule has 1 fully saturated rings. The van der Waals surface area contributed by atoms with Gasteiger partial charge in [0.25, 0.3) is 5.91 Å². The van der Waals surface area contributed by atoms with Gasteiger partial charge in [0, 0.05) is 11.3 Å². The van der Waals surface area contributed by atoms with Crippen LogP contribution < -0.4 is 29.6 Å². The van der Waals surface area contributed by atoms with Gasteiger partial charge < -0.3 is 29.6 Å². The number of carbonyl (C=O) groups is 1. The quantitative estimate of drug-likeness (QED) is 0.217. The van der Waals surface area contributed by atoms with Crippen LogP contribution in [0.5, 0.6) is 23.0 Å². The molecular weight excluding hydrogens is 512 g/mol. The van der Waals surface area contributed by atoms with Gasteiger partial charge >= 0.3 is 0 Å². The maximum atomic E-state index is 12.8. The van der Waals surface area contributed by atoms with Crippen molar-refractivity contribution in [2.45, 2.75) is 38.8 Å². The molecule has 2 heterocycles. The second-order valence-electron chi connectivity index (χ2n) is 9.08. The predicted molar refractivity (Wildman–Crippen MR) is 155 cm³/mol. The van der Waals surface area contributed by atoms with Crippen molar-refractivity contribution < 1.29 is 23.7 Å². The Morgan fingerprint density at radius 1 is 1.05 bits per heavy atom. The summed E-state index contributed by atoms with van der Waals surface area (Å²) in [4.78, 5) is 13.4. The average Bonchev–Trinajstić information content (AvgIpc) is 3.54. The normalized spacial score (nSPS) is 16.7. The highest BCUT2D eigenvalue weighted by Crippen LogP contribution is 2.38. The Bertz CT molecular complexity index is 1390. The maximum absolute atomic E-state index is 12.8. The van der Waals surface area contributed by atoms with E-state index in [2.05, 4.69) is 36.3 Å². The predicted octanol–water partition coefficient (Wildman–Crippen LogP) is 6.28. The van der Waals surface area contributed by atoms with Crippen molar-refractivity contribution in [3.05, 3.63) is 94.4 Å². The molecule has 8 heteroatoms. The number of ether oxygens (including phenoxy) is 4. The van der Waals surface area contributed by atoms with E-state index in [-0.39, 0.29) is 18.2 Å². The molecule has 2 N–H and O–H groups in total. The first-order valence-electron chi connectivity index (χ1n) is 13.0. The molecule has 39 heavy (non-hydrogen) atoms. The molecule has 3 aromatic carbocycles. The van der Waals surface area contributed by atoms with Crippen LogP contribution in [0.3, 0.4) is 0 Å². The molecule has 0 aliphatic carbocycles. The van der Waals surface area contributed by atoms with Crippen molar-refractivity contribution in [1.82, 2.24) is 5.32 Å². The van der Waals surface area contributed by atoms with Gasteiger partial charge in [0.05, 0.1) is 11.5 Å². The summed E-state index contributed by atoms with van der Waals surface area (Å²) in [6.45, 7) is 9.03. The molecule has 1 amide bonds. The number of nitrogens with one attached hydrogen (secondary N) is 2. The number of anilines is 1. The first-order chi connectivity index (χ1) is 19.1. The molecule has 0 radical (unpaired) electrons. The van der Waals surface area contributed by atoms with Crippen LogP contribution in [0.1, 0.15) is 36.1 Å². The number of hydrogen-bond donors (Lipinski definition) is 2. The molecule has 3 aromatic rings. The van der Waals surface area contributed by atoms with Gasteiger partial charge in [0.2, 0.25) is 6.79 Å². The largest absolute Gasteiger partial charge is 0.490 e. The van der Waals surface area contributed by atoms with Gasteiger partial charge in [-0.25, -0.2) is 0 Å². The maximum Gasteiger partial charge on any atom is 0.260 e. The van der Waals surface area contributed by atoms with Crippen molar-refractivity contribution >= 4 is 29.4 Å². The summed E-state index contributed by atoms with van der Waals surface area (Å²) in [6.07, 6.45) is 5.29. The summed E-state index contributed by atoms with van der Waals surface area (Å²) in [5.74, 6) is 2.62. The number of carbonyl (C=O) groups excluding carboxylic acids is 1. The Morgan fingerprint density at radius 2 is 1.85 bits per heavy atom. The first kappa shape index (κ1) is 26.6. The molecule has 5 rings (SSSR count). The van der Waals surface area contributed by atoms with E-state index in [9.17, 15) is 4.79 Å². The third-order valence-corrected chi connectivity index (χ3v) is 7.36. The van der Waals surface area contributed by atoms with E-state index in [1.54, 1.807) is 0 Å².